The van der Waals surface area contributed by atoms with Crippen molar-refractivity contribution in [3.05, 3.63) is 37.8 Å². The van der Waals surface area contributed by atoms with Crippen LogP contribution in [0.4, 0.5) is 5.69 Å². The van der Waals surface area contributed by atoms with E-state index in [4.69, 9.17) is 11.6 Å². The Bertz CT molecular complexity index is 354. The summed E-state index contributed by atoms with van der Waals surface area (Å²) in [4.78, 5) is 10.1. The predicted octanol–water partition coefficient (Wildman–Crippen LogP) is 3.40. The van der Waals surface area contributed by atoms with Gasteiger partial charge in [0.05, 0.1) is 16.4 Å². The van der Waals surface area contributed by atoms with Crippen LogP contribution in [0.25, 0.3) is 0 Å². The first-order valence-electron chi connectivity index (χ1n) is 3.56. The zero-order valence-corrected chi connectivity index (χ0v) is 9.22. The van der Waals surface area contributed by atoms with Gasteiger partial charge in [-0.1, -0.05) is 6.07 Å². The van der Waals surface area contributed by atoms with Crippen LogP contribution in [-0.4, -0.2) is 4.92 Å². The summed E-state index contributed by atoms with van der Waals surface area (Å²) in [5, 5.41) is 10.6. The molecule has 0 spiro atoms. The van der Waals surface area contributed by atoms with E-state index in [1.165, 1.54) is 6.07 Å². The lowest BCUT2D eigenvalue weighted by atomic mass is 10.1. The number of nitro groups is 1. The Morgan fingerprint density at radius 1 is 1.62 bits per heavy atom. The third-order valence-corrected chi connectivity index (χ3v) is 3.11. The van der Waals surface area contributed by atoms with Crippen molar-refractivity contribution >= 4 is 33.2 Å². The lowest BCUT2D eigenvalue weighted by Crippen LogP contribution is -1.95. The topological polar surface area (TPSA) is 43.1 Å². The predicted molar refractivity (Wildman–Crippen MR) is 55.1 cm³/mol. The van der Waals surface area contributed by atoms with Gasteiger partial charge in [-0.25, -0.2) is 0 Å². The van der Waals surface area contributed by atoms with Gasteiger partial charge >= 0.3 is 0 Å². The van der Waals surface area contributed by atoms with Crippen LogP contribution in [0, 0.1) is 17.0 Å². The highest BCUT2D eigenvalue weighted by atomic mass is 79.9. The van der Waals surface area contributed by atoms with E-state index in [9.17, 15) is 10.1 Å². The molecule has 1 aromatic rings. The second-order valence-corrected chi connectivity index (χ2v) is 3.65. The zero-order valence-electron chi connectivity index (χ0n) is 6.88. The molecule has 70 valence electrons. The molecule has 0 aromatic heterocycles. The molecule has 0 saturated heterocycles. The highest BCUT2D eigenvalue weighted by Crippen LogP contribution is 2.30. The van der Waals surface area contributed by atoms with Crippen LogP contribution in [0.3, 0.4) is 0 Å². The maximum atomic E-state index is 10.6. The first-order valence-corrected chi connectivity index (χ1v) is 4.89. The van der Waals surface area contributed by atoms with E-state index in [0.29, 0.717) is 5.56 Å². The summed E-state index contributed by atoms with van der Waals surface area (Å²) in [6.45, 7) is 1.86. The Hall–Kier alpha value is -0.610. The fourth-order valence-electron chi connectivity index (χ4n) is 1.03. The molecule has 3 nitrogen and oxygen atoms in total. The van der Waals surface area contributed by atoms with Crippen LogP contribution < -0.4 is 0 Å². The minimum absolute atomic E-state index is 0.0625. The first kappa shape index (κ1) is 10.5. The summed E-state index contributed by atoms with van der Waals surface area (Å²) in [7, 11) is 0. The number of alkyl halides is 1. The zero-order chi connectivity index (χ0) is 10.0. The van der Waals surface area contributed by atoms with Crippen molar-refractivity contribution in [2.75, 3.05) is 0 Å². The van der Waals surface area contributed by atoms with Crippen LogP contribution in [0.15, 0.2) is 16.6 Å². The monoisotopic (exact) mass is 263 g/mol. The maximum absolute atomic E-state index is 10.6. The molecule has 0 fully saturated rings. The second-order valence-electron chi connectivity index (χ2n) is 2.58. The van der Waals surface area contributed by atoms with Crippen LogP contribution in [-0.2, 0) is 5.88 Å². The minimum Gasteiger partial charge on any atom is -0.258 e. The second kappa shape index (κ2) is 4.07. The molecule has 0 radical (unpaired) electrons. The van der Waals surface area contributed by atoms with Gasteiger partial charge in [0.2, 0.25) is 0 Å². The molecule has 0 N–H and O–H groups in total. The summed E-state index contributed by atoms with van der Waals surface area (Å²) in [6, 6.07) is 3.16. The molecule has 0 amide bonds. The molecule has 0 aliphatic carbocycles. The molecular weight excluding hydrogens is 257 g/mol. The van der Waals surface area contributed by atoms with Crippen LogP contribution in [0.2, 0.25) is 0 Å². The van der Waals surface area contributed by atoms with E-state index < -0.39 is 4.92 Å². The molecule has 0 unspecified atom stereocenters. The highest BCUT2D eigenvalue weighted by molar-refractivity contribution is 9.10. The molecule has 0 saturated carbocycles. The molecular formula is C8H7BrClNO2. The summed E-state index contributed by atoms with van der Waals surface area (Å²) in [6.07, 6.45) is 0. The van der Waals surface area contributed by atoms with E-state index >= 15 is 0 Å². The average Bonchev–Trinajstić information content (AvgIpc) is 2.09. The van der Waals surface area contributed by atoms with Crippen molar-refractivity contribution < 1.29 is 4.92 Å². The van der Waals surface area contributed by atoms with Crippen LogP contribution >= 0.6 is 27.5 Å². The largest absolute Gasteiger partial charge is 0.274 e. The van der Waals surface area contributed by atoms with Crippen LogP contribution in [0.5, 0.6) is 0 Å². The fourth-order valence-corrected chi connectivity index (χ4v) is 1.93. The number of hydrogen-bond acceptors (Lipinski definition) is 2. The third-order valence-electron chi connectivity index (χ3n) is 1.74. The van der Waals surface area contributed by atoms with Crippen molar-refractivity contribution in [1.82, 2.24) is 0 Å². The van der Waals surface area contributed by atoms with Gasteiger partial charge in [0.25, 0.3) is 5.69 Å². The highest BCUT2D eigenvalue weighted by Gasteiger charge is 2.16. The van der Waals surface area contributed by atoms with Crippen molar-refractivity contribution in [3.63, 3.8) is 0 Å². The normalized spacial score (nSPS) is 10.1. The number of aryl methyl sites for hydroxylation is 1. The number of nitro benzene ring substituents is 1. The van der Waals surface area contributed by atoms with Crippen molar-refractivity contribution in [2.24, 2.45) is 0 Å². The summed E-state index contributed by atoms with van der Waals surface area (Å²) >= 11 is 8.89. The van der Waals surface area contributed by atoms with E-state index in [1.54, 1.807) is 6.07 Å². The number of halogens is 2. The van der Waals surface area contributed by atoms with E-state index in [0.717, 1.165) is 10.0 Å². The van der Waals surface area contributed by atoms with E-state index in [1.807, 2.05) is 6.92 Å². The average molecular weight is 265 g/mol. The Kier molecular flexibility index (Phi) is 3.27. The van der Waals surface area contributed by atoms with Crippen molar-refractivity contribution in [2.45, 2.75) is 12.8 Å². The summed E-state index contributed by atoms with van der Waals surface area (Å²) < 4.78 is 0.719. The van der Waals surface area contributed by atoms with Gasteiger partial charge in [-0.05, 0) is 28.4 Å². The Labute approximate surface area is 89.0 Å². The summed E-state index contributed by atoms with van der Waals surface area (Å²) in [5.41, 5.74) is 1.54. The van der Waals surface area contributed by atoms with Crippen molar-refractivity contribution in [1.29, 1.82) is 0 Å². The van der Waals surface area contributed by atoms with Gasteiger partial charge in [0.1, 0.15) is 0 Å². The van der Waals surface area contributed by atoms with Gasteiger partial charge in [-0.3, -0.25) is 10.1 Å². The van der Waals surface area contributed by atoms with Gasteiger partial charge < -0.3 is 0 Å². The van der Waals surface area contributed by atoms with Gasteiger partial charge in [-0.15, -0.1) is 11.6 Å². The Balaban J connectivity index is 3.38. The Morgan fingerprint density at radius 3 is 2.69 bits per heavy atom. The number of nitrogens with zero attached hydrogens (tertiary/aromatic N) is 1. The van der Waals surface area contributed by atoms with Gasteiger partial charge in [-0.2, -0.15) is 0 Å². The first-order chi connectivity index (χ1) is 6.07. The standard InChI is InChI=1S/C8H7BrClNO2/c1-5-2-3-7(11(12)13)6(4-10)8(5)9/h2-3H,4H2,1H3. The maximum Gasteiger partial charge on any atom is 0.274 e. The fraction of sp³-hybridized carbons (Fsp3) is 0.250. The molecule has 13 heavy (non-hydrogen) atoms. The van der Waals surface area contributed by atoms with Crippen molar-refractivity contribution in [3.8, 4) is 0 Å². The van der Waals surface area contributed by atoms with Crippen LogP contribution in [0.1, 0.15) is 11.1 Å². The van der Waals surface area contributed by atoms with Gasteiger partial charge in [0.15, 0.2) is 0 Å². The molecule has 0 aliphatic heterocycles. The molecule has 0 heterocycles. The molecule has 0 bridgehead atoms. The lowest BCUT2D eigenvalue weighted by Gasteiger charge is -2.04. The SMILES string of the molecule is Cc1ccc([N+](=O)[O-])c(CCl)c1Br. The molecule has 1 aromatic carbocycles. The lowest BCUT2D eigenvalue weighted by molar-refractivity contribution is -0.385. The van der Waals surface area contributed by atoms with Gasteiger partial charge in [0, 0.05) is 10.5 Å². The molecule has 1 rings (SSSR count). The van der Waals surface area contributed by atoms with E-state index in [2.05, 4.69) is 15.9 Å². The number of rotatable bonds is 2. The third kappa shape index (κ3) is 2.00. The molecule has 5 heteroatoms. The summed E-state index contributed by atoms with van der Waals surface area (Å²) in [5.74, 6) is 0.137. The smallest absolute Gasteiger partial charge is 0.258 e. The number of benzene rings is 1. The molecule has 0 aliphatic rings. The minimum atomic E-state index is -0.429. The van der Waals surface area contributed by atoms with E-state index in [-0.39, 0.29) is 11.6 Å². The Morgan fingerprint density at radius 2 is 2.23 bits per heavy atom. The quantitative estimate of drug-likeness (QED) is 0.467. The number of hydrogen-bond donors (Lipinski definition) is 0. The molecule has 0 atom stereocenters.